The van der Waals surface area contributed by atoms with Crippen LogP contribution in [0, 0.1) is 5.92 Å². The number of carbonyl (C=O) groups excluding carboxylic acids is 3. The van der Waals surface area contributed by atoms with Crippen LogP contribution in [0.15, 0.2) is 0 Å². The first-order valence-corrected chi connectivity index (χ1v) is 9.78. The van der Waals surface area contributed by atoms with E-state index in [0.717, 1.165) is 0 Å². The third-order valence-corrected chi connectivity index (χ3v) is 5.85. The quantitative estimate of drug-likeness (QED) is 0.763. The van der Waals surface area contributed by atoms with Gasteiger partial charge >= 0.3 is 0 Å². The molecule has 3 amide bonds. The molecule has 0 spiro atoms. The molecular formula is C20H25N3O6. The van der Waals surface area contributed by atoms with Crippen molar-refractivity contribution in [3.05, 3.63) is 16.7 Å². The third kappa shape index (κ3) is 3.14. The van der Waals surface area contributed by atoms with E-state index in [1.807, 2.05) is 13.8 Å². The van der Waals surface area contributed by atoms with Crippen molar-refractivity contribution in [2.24, 2.45) is 5.92 Å². The fourth-order valence-corrected chi connectivity index (χ4v) is 4.21. The molecule has 2 N–H and O–H groups in total. The maximum absolute atomic E-state index is 12.7. The number of rotatable bonds is 4. The summed E-state index contributed by atoms with van der Waals surface area (Å²) in [4.78, 5) is 40.6. The van der Waals surface area contributed by atoms with Crippen molar-refractivity contribution in [2.75, 3.05) is 26.9 Å². The number of nitrogens with one attached hydrogen (secondary N) is 1. The third-order valence-electron chi connectivity index (χ3n) is 5.85. The predicted molar refractivity (Wildman–Crippen MR) is 102 cm³/mol. The number of benzene rings is 1. The zero-order valence-corrected chi connectivity index (χ0v) is 16.8. The van der Waals surface area contributed by atoms with Crippen molar-refractivity contribution >= 4 is 17.7 Å². The summed E-state index contributed by atoms with van der Waals surface area (Å²) in [5.74, 6) is -0.639. The molecule has 29 heavy (non-hydrogen) atoms. The van der Waals surface area contributed by atoms with E-state index in [-0.39, 0.29) is 60.6 Å². The molecule has 0 aliphatic carbocycles. The minimum Gasteiger partial charge on any atom is -0.504 e. The summed E-state index contributed by atoms with van der Waals surface area (Å²) in [5, 5.41) is 13.4. The summed E-state index contributed by atoms with van der Waals surface area (Å²) in [6, 6.07) is 0.0567. The Labute approximate surface area is 168 Å². The van der Waals surface area contributed by atoms with E-state index in [2.05, 4.69) is 5.32 Å². The first kappa shape index (κ1) is 19.4. The molecule has 9 heteroatoms. The molecule has 156 valence electrons. The second-order valence-electron chi connectivity index (χ2n) is 7.98. The standard InChI is InChI=1S/C20H25N3O6/c1-10(2)23-8-11(6-14(23)24)19(26)21-7-13-12-4-5-22(3)20(27)15(12)16(25)18-17(13)28-9-29-18/h10-11,25H,4-9H2,1-3H3,(H,21,26). The van der Waals surface area contributed by atoms with Crippen LogP contribution in [0.3, 0.4) is 0 Å². The molecule has 3 aliphatic rings. The Kier molecular flexibility index (Phi) is 4.76. The Morgan fingerprint density at radius 1 is 1.28 bits per heavy atom. The van der Waals surface area contributed by atoms with Crippen molar-refractivity contribution in [3.8, 4) is 17.2 Å². The summed E-state index contributed by atoms with van der Waals surface area (Å²) in [6.07, 6.45) is 0.731. The normalized spacial score (nSPS) is 20.5. The first-order chi connectivity index (χ1) is 13.8. The number of hydrogen-bond donors (Lipinski definition) is 2. The summed E-state index contributed by atoms with van der Waals surface area (Å²) in [5.41, 5.74) is 1.51. The highest BCUT2D eigenvalue weighted by atomic mass is 16.7. The van der Waals surface area contributed by atoms with Crippen LogP contribution >= 0.6 is 0 Å². The minimum atomic E-state index is -0.407. The zero-order valence-electron chi connectivity index (χ0n) is 16.8. The predicted octanol–water partition coefficient (Wildman–Crippen LogP) is 0.622. The smallest absolute Gasteiger partial charge is 0.257 e. The number of likely N-dealkylation sites (N-methyl/N-ethyl adjacent to an activating group) is 1. The summed E-state index contributed by atoms with van der Waals surface area (Å²) in [7, 11) is 1.67. The van der Waals surface area contributed by atoms with E-state index in [9.17, 15) is 19.5 Å². The highest BCUT2D eigenvalue weighted by Crippen LogP contribution is 2.48. The number of fused-ring (bicyclic) bond motifs is 2. The van der Waals surface area contributed by atoms with Crippen LogP contribution in [0.25, 0.3) is 0 Å². The maximum Gasteiger partial charge on any atom is 0.257 e. The Hall–Kier alpha value is -2.97. The lowest BCUT2D eigenvalue weighted by Crippen LogP contribution is -2.37. The lowest BCUT2D eigenvalue weighted by molar-refractivity contribution is -0.130. The Balaban J connectivity index is 1.59. The van der Waals surface area contributed by atoms with E-state index in [1.165, 1.54) is 4.90 Å². The molecule has 1 saturated heterocycles. The van der Waals surface area contributed by atoms with Gasteiger partial charge in [-0.25, -0.2) is 0 Å². The van der Waals surface area contributed by atoms with Crippen LogP contribution in [0.4, 0.5) is 0 Å². The number of nitrogens with zero attached hydrogens (tertiary/aromatic N) is 2. The largest absolute Gasteiger partial charge is 0.504 e. The summed E-state index contributed by atoms with van der Waals surface area (Å²) < 4.78 is 10.9. The first-order valence-electron chi connectivity index (χ1n) is 9.78. The van der Waals surface area contributed by atoms with Crippen LogP contribution in [0.5, 0.6) is 17.2 Å². The van der Waals surface area contributed by atoms with E-state index in [4.69, 9.17) is 9.47 Å². The Morgan fingerprint density at radius 3 is 2.69 bits per heavy atom. The van der Waals surface area contributed by atoms with Crippen LogP contribution in [0.1, 0.15) is 41.8 Å². The molecule has 4 rings (SSSR count). The SMILES string of the molecule is CC(C)N1CC(C(=O)NCc2c3c(c(O)c4c2OCO4)C(=O)N(C)CC3)CC1=O. The molecule has 0 radical (unpaired) electrons. The molecule has 3 heterocycles. The van der Waals surface area contributed by atoms with E-state index < -0.39 is 5.92 Å². The van der Waals surface area contributed by atoms with Crippen LogP contribution in [-0.2, 0) is 22.6 Å². The van der Waals surface area contributed by atoms with Gasteiger partial charge in [-0.2, -0.15) is 0 Å². The Morgan fingerprint density at radius 2 is 2.00 bits per heavy atom. The van der Waals surface area contributed by atoms with Crippen molar-refractivity contribution < 1.29 is 29.0 Å². The number of phenols is 1. The van der Waals surface area contributed by atoms with Crippen molar-refractivity contribution in [2.45, 2.75) is 39.3 Å². The van der Waals surface area contributed by atoms with Crippen LogP contribution in [0.2, 0.25) is 0 Å². The molecule has 1 atom stereocenters. The molecule has 1 unspecified atom stereocenters. The van der Waals surface area contributed by atoms with Gasteiger partial charge in [-0.15, -0.1) is 0 Å². The molecule has 1 aromatic rings. The van der Waals surface area contributed by atoms with E-state index >= 15 is 0 Å². The van der Waals surface area contributed by atoms with Gasteiger partial charge in [-0.05, 0) is 25.8 Å². The minimum absolute atomic E-state index is 0.0200. The van der Waals surface area contributed by atoms with E-state index in [0.29, 0.717) is 36.4 Å². The fourth-order valence-electron chi connectivity index (χ4n) is 4.21. The molecular weight excluding hydrogens is 378 g/mol. The van der Waals surface area contributed by atoms with Crippen LogP contribution < -0.4 is 14.8 Å². The number of carbonyl (C=O) groups is 3. The van der Waals surface area contributed by atoms with Crippen molar-refractivity contribution in [1.82, 2.24) is 15.1 Å². The molecule has 9 nitrogen and oxygen atoms in total. The average Bonchev–Trinajstić information content (AvgIpc) is 3.31. The molecule has 0 bridgehead atoms. The molecule has 0 saturated carbocycles. The monoisotopic (exact) mass is 403 g/mol. The van der Waals surface area contributed by atoms with Gasteiger partial charge in [-0.1, -0.05) is 0 Å². The molecule has 1 fully saturated rings. The lowest BCUT2D eigenvalue weighted by Gasteiger charge is -2.28. The lowest BCUT2D eigenvalue weighted by atomic mass is 9.91. The highest BCUT2D eigenvalue weighted by molar-refractivity contribution is 6.01. The van der Waals surface area contributed by atoms with Gasteiger partial charge in [0, 0.05) is 44.7 Å². The number of amides is 3. The summed E-state index contributed by atoms with van der Waals surface area (Å²) in [6.45, 7) is 4.84. The summed E-state index contributed by atoms with van der Waals surface area (Å²) >= 11 is 0. The number of ether oxygens (including phenoxy) is 2. The van der Waals surface area contributed by atoms with Gasteiger partial charge in [-0.3, -0.25) is 14.4 Å². The van der Waals surface area contributed by atoms with Gasteiger partial charge < -0.3 is 29.7 Å². The van der Waals surface area contributed by atoms with Gasteiger partial charge in [0.05, 0.1) is 11.5 Å². The Bertz CT molecular complexity index is 897. The van der Waals surface area contributed by atoms with Crippen molar-refractivity contribution in [3.63, 3.8) is 0 Å². The highest BCUT2D eigenvalue weighted by Gasteiger charge is 2.38. The maximum atomic E-state index is 12.7. The molecule has 3 aliphatic heterocycles. The van der Waals surface area contributed by atoms with E-state index in [1.54, 1.807) is 11.9 Å². The van der Waals surface area contributed by atoms with Crippen molar-refractivity contribution in [1.29, 1.82) is 0 Å². The molecule has 1 aromatic carbocycles. The van der Waals surface area contributed by atoms with Gasteiger partial charge in [0.15, 0.2) is 11.5 Å². The van der Waals surface area contributed by atoms with Gasteiger partial charge in [0.1, 0.15) is 0 Å². The van der Waals surface area contributed by atoms with Gasteiger partial charge in [0.2, 0.25) is 24.4 Å². The number of aromatic hydroxyl groups is 1. The zero-order chi connectivity index (χ0) is 20.9. The number of likely N-dealkylation sites (tertiary alicyclic amines) is 1. The van der Waals surface area contributed by atoms with Crippen LogP contribution in [-0.4, -0.2) is 65.6 Å². The second-order valence-corrected chi connectivity index (χ2v) is 7.98. The number of hydrogen-bond acceptors (Lipinski definition) is 6. The molecule has 0 aromatic heterocycles. The fraction of sp³-hybridized carbons (Fsp3) is 0.550. The van der Waals surface area contributed by atoms with Gasteiger partial charge in [0.25, 0.3) is 5.91 Å². The average molecular weight is 403 g/mol. The number of phenolic OH excluding ortho intramolecular Hbond substituents is 1. The second kappa shape index (κ2) is 7.13. The topological polar surface area (TPSA) is 108 Å².